The first-order valence-electron chi connectivity index (χ1n) is 7.90. The Balaban J connectivity index is 1.84. The van der Waals surface area contributed by atoms with Crippen LogP contribution in [0.5, 0.6) is 0 Å². The number of carbonyl (C=O) groups excluding carboxylic acids is 1. The molecule has 5 nitrogen and oxygen atoms in total. The fraction of sp³-hybridized carbons (Fsp3) is 0.278. The van der Waals surface area contributed by atoms with Gasteiger partial charge < -0.3 is 5.32 Å². The zero-order valence-corrected chi connectivity index (χ0v) is 15.6. The monoisotopic (exact) mass is 380 g/mol. The highest BCUT2D eigenvalue weighted by molar-refractivity contribution is 7.92. The topological polar surface area (TPSA) is 66.5 Å². The van der Waals surface area contributed by atoms with E-state index in [2.05, 4.69) is 5.32 Å². The zero-order chi connectivity index (χ0) is 18.3. The van der Waals surface area contributed by atoms with E-state index in [0.29, 0.717) is 23.7 Å². The highest BCUT2D eigenvalue weighted by Crippen LogP contribution is 2.17. The quantitative estimate of drug-likeness (QED) is 0.765. The largest absolute Gasteiger partial charge is 0.356 e. The Labute approximate surface area is 153 Å². The number of hydrogen-bond acceptors (Lipinski definition) is 3. The summed E-state index contributed by atoms with van der Waals surface area (Å²) >= 11 is 5.83. The molecule has 1 amide bonds. The Morgan fingerprint density at radius 1 is 1.08 bits per heavy atom. The Morgan fingerprint density at radius 3 is 2.32 bits per heavy atom. The summed E-state index contributed by atoms with van der Waals surface area (Å²) in [6, 6.07) is 16.2. The normalized spacial score (nSPS) is 11.1. The van der Waals surface area contributed by atoms with Crippen LogP contribution in [-0.2, 0) is 21.2 Å². The van der Waals surface area contributed by atoms with Gasteiger partial charge in [0, 0.05) is 24.5 Å². The van der Waals surface area contributed by atoms with Crippen molar-refractivity contribution in [1.82, 2.24) is 5.32 Å². The van der Waals surface area contributed by atoms with E-state index in [1.807, 2.05) is 30.3 Å². The van der Waals surface area contributed by atoms with Crippen LogP contribution in [0.15, 0.2) is 54.6 Å². The predicted molar refractivity (Wildman–Crippen MR) is 101 cm³/mol. The van der Waals surface area contributed by atoms with Crippen LogP contribution in [0.2, 0.25) is 5.02 Å². The Morgan fingerprint density at radius 2 is 1.72 bits per heavy atom. The number of sulfonamides is 1. The third-order valence-corrected chi connectivity index (χ3v) is 5.08. The van der Waals surface area contributed by atoms with Crippen molar-refractivity contribution < 1.29 is 13.2 Å². The molecule has 0 atom stereocenters. The third kappa shape index (κ3) is 6.40. The van der Waals surface area contributed by atoms with Crippen LogP contribution in [-0.4, -0.2) is 33.7 Å². The molecule has 0 aromatic heterocycles. The number of nitrogens with one attached hydrogen (secondary N) is 1. The van der Waals surface area contributed by atoms with Crippen molar-refractivity contribution in [2.45, 2.75) is 12.8 Å². The molecular weight excluding hydrogens is 360 g/mol. The van der Waals surface area contributed by atoms with Gasteiger partial charge in [-0.15, -0.1) is 0 Å². The van der Waals surface area contributed by atoms with Gasteiger partial charge in [0.05, 0.1) is 11.9 Å². The molecule has 0 saturated carbocycles. The van der Waals surface area contributed by atoms with Crippen LogP contribution >= 0.6 is 11.6 Å². The van der Waals surface area contributed by atoms with Gasteiger partial charge in [-0.3, -0.25) is 9.10 Å². The first-order valence-corrected chi connectivity index (χ1v) is 10.1. The molecule has 0 bridgehead atoms. The van der Waals surface area contributed by atoms with Gasteiger partial charge in [-0.05, 0) is 36.2 Å². The number of anilines is 1. The standard InChI is InChI=1S/C18H21ClN2O3S/c1-25(23,24)21(17-5-3-2-4-6-17)14-12-18(22)20-13-11-15-7-9-16(19)10-8-15/h2-10H,11-14H2,1H3,(H,20,22). The molecule has 0 unspecified atom stereocenters. The minimum atomic E-state index is -3.44. The van der Waals surface area contributed by atoms with Crippen molar-refractivity contribution in [2.75, 3.05) is 23.7 Å². The minimum absolute atomic E-state index is 0.0998. The number of halogens is 1. The van der Waals surface area contributed by atoms with Crippen LogP contribution in [0.25, 0.3) is 0 Å². The van der Waals surface area contributed by atoms with Gasteiger partial charge in [-0.1, -0.05) is 41.9 Å². The second-order valence-corrected chi connectivity index (χ2v) is 7.99. The molecule has 1 N–H and O–H groups in total. The van der Waals surface area contributed by atoms with Crippen LogP contribution in [0.4, 0.5) is 5.69 Å². The van der Waals surface area contributed by atoms with Crippen LogP contribution in [0.3, 0.4) is 0 Å². The summed E-state index contributed by atoms with van der Waals surface area (Å²) in [5, 5.41) is 3.49. The van der Waals surface area contributed by atoms with E-state index in [1.54, 1.807) is 24.3 Å². The van der Waals surface area contributed by atoms with Gasteiger partial charge in [0.2, 0.25) is 15.9 Å². The van der Waals surface area contributed by atoms with E-state index >= 15 is 0 Å². The van der Waals surface area contributed by atoms with Crippen LogP contribution in [0.1, 0.15) is 12.0 Å². The summed E-state index contributed by atoms with van der Waals surface area (Å²) in [6.07, 6.45) is 1.93. The average Bonchev–Trinajstić information content (AvgIpc) is 2.56. The Hall–Kier alpha value is -2.05. The molecule has 25 heavy (non-hydrogen) atoms. The summed E-state index contributed by atoms with van der Waals surface area (Å²) in [5.41, 5.74) is 1.63. The smallest absolute Gasteiger partial charge is 0.232 e. The summed E-state index contributed by atoms with van der Waals surface area (Å²) in [5.74, 6) is -0.182. The number of hydrogen-bond donors (Lipinski definition) is 1. The third-order valence-electron chi connectivity index (χ3n) is 3.64. The molecule has 134 valence electrons. The zero-order valence-electron chi connectivity index (χ0n) is 14.0. The minimum Gasteiger partial charge on any atom is -0.356 e. The van der Waals surface area contributed by atoms with Crippen molar-refractivity contribution in [3.05, 3.63) is 65.2 Å². The fourth-order valence-electron chi connectivity index (χ4n) is 2.37. The first kappa shape index (κ1) is 19.3. The number of carbonyl (C=O) groups is 1. The lowest BCUT2D eigenvalue weighted by atomic mass is 10.1. The predicted octanol–water partition coefficient (Wildman–Crippen LogP) is 2.86. The van der Waals surface area contributed by atoms with E-state index in [-0.39, 0.29) is 18.9 Å². The Kier molecular flexibility index (Phi) is 6.84. The van der Waals surface area contributed by atoms with Gasteiger partial charge in [0.15, 0.2) is 0 Å². The van der Waals surface area contributed by atoms with Crippen molar-refractivity contribution in [3.63, 3.8) is 0 Å². The summed E-state index contributed by atoms with van der Waals surface area (Å²) in [4.78, 5) is 12.0. The first-order chi connectivity index (χ1) is 11.9. The van der Waals surface area contributed by atoms with Crippen molar-refractivity contribution in [2.24, 2.45) is 0 Å². The van der Waals surface area contributed by atoms with Gasteiger partial charge in [-0.25, -0.2) is 8.42 Å². The lowest BCUT2D eigenvalue weighted by Gasteiger charge is -2.22. The van der Waals surface area contributed by atoms with Crippen molar-refractivity contribution >= 4 is 33.2 Å². The lowest BCUT2D eigenvalue weighted by molar-refractivity contribution is -0.120. The molecule has 2 rings (SSSR count). The molecule has 7 heteroatoms. The maximum Gasteiger partial charge on any atom is 0.232 e. The van der Waals surface area contributed by atoms with E-state index in [0.717, 1.165) is 11.8 Å². The molecule has 0 spiro atoms. The van der Waals surface area contributed by atoms with E-state index in [1.165, 1.54) is 4.31 Å². The van der Waals surface area contributed by atoms with Gasteiger partial charge >= 0.3 is 0 Å². The van der Waals surface area contributed by atoms with Crippen molar-refractivity contribution in [3.8, 4) is 0 Å². The average molecular weight is 381 g/mol. The molecular formula is C18H21ClN2O3S. The number of rotatable bonds is 8. The SMILES string of the molecule is CS(=O)(=O)N(CCC(=O)NCCc1ccc(Cl)cc1)c1ccccc1. The van der Waals surface area contributed by atoms with Crippen molar-refractivity contribution in [1.29, 1.82) is 0 Å². The molecule has 0 aliphatic carbocycles. The summed E-state index contributed by atoms with van der Waals surface area (Å²) in [6.45, 7) is 0.598. The van der Waals surface area contributed by atoms with Crippen LogP contribution in [0, 0.1) is 0 Å². The van der Waals surface area contributed by atoms with Gasteiger partial charge in [0.25, 0.3) is 0 Å². The highest BCUT2D eigenvalue weighted by atomic mass is 35.5. The molecule has 2 aromatic carbocycles. The molecule has 0 heterocycles. The maximum absolute atomic E-state index is 12.0. The van der Waals surface area contributed by atoms with Crippen LogP contribution < -0.4 is 9.62 Å². The summed E-state index contributed by atoms with van der Waals surface area (Å²) in [7, 11) is -3.44. The molecule has 0 saturated heterocycles. The molecule has 0 aliphatic rings. The molecule has 2 aromatic rings. The second-order valence-electron chi connectivity index (χ2n) is 5.65. The summed E-state index contributed by atoms with van der Waals surface area (Å²) < 4.78 is 25.2. The number of amides is 1. The second kappa shape index (κ2) is 8.87. The number of para-hydroxylation sites is 1. The Bertz CT molecular complexity index is 793. The van der Waals surface area contributed by atoms with E-state index < -0.39 is 10.0 Å². The number of nitrogens with zero attached hydrogens (tertiary/aromatic N) is 1. The van der Waals surface area contributed by atoms with Gasteiger partial charge in [0.1, 0.15) is 0 Å². The molecule has 0 fully saturated rings. The lowest BCUT2D eigenvalue weighted by Crippen LogP contribution is -2.35. The maximum atomic E-state index is 12.0. The molecule has 0 radical (unpaired) electrons. The highest BCUT2D eigenvalue weighted by Gasteiger charge is 2.18. The van der Waals surface area contributed by atoms with Gasteiger partial charge in [-0.2, -0.15) is 0 Å². The fourth-order valence-corrected chi connectivity index (χ4v) is 3.42. The number of benzene rings is 2. The molecule has 0 aliphatic heterocycles. The van der Waals surface area contributed by atoms with E-state index in [4.69, 9.17) is 11.6 Å². The van der Waals surface area contributed by atoms with E-state index in [9.17, 15) is 13.2 Å².